The Morgan fingerprint density at radius 3 is 1.68 bits per heavy atom. The molecule has 0 aliphatic rings. The summed E-state index contributed by atoms with van der Waals surface area (Å²) in [5.74, 6) is 0. The number of furan rings is 2. The molecular formula is C48H30O2. The predicted molar refractivity (Wildman–Crippen MR) is 210 cm³/mol. The molecular weight excluding hydrogens is 609 g/mol. The fourth-order valence-electron chi connectivity index (χ4n) is 7.51. The smallest absolute Gasteiger partial charge is 0.143 e. The highest BCUT2D eigenvalue weighted by atomic mass is 16.3. The molecule has 0 radical (unpaired) electrons. The first-order valence-corrected chi connectivity index (χ1v) is 17.0. The van der Waals surface area contributed by atoms with Crippen LogP contribution in [0.2, 0.25) is 0 Å². The highest BCUT2D eigenvalue weighted by molar-refractivity contribution is 6.19. The molecule has 0 N–H and O–H groups in total. The van der Waals surface area contributed by atoms with Crippen LogP contribution in [0.4, 0.5) is 0 Å². The SMILES string of the molecule is c1ccc(-c2ccccccc(-c3cccc(-c4ccc5oc6cc7c(ccc8c9ccccc9oc78)cc6c5c4)c3)c3ccccc23)cc1. The first-order chi connectivity index (χ1) is 24.8. The largest absolute Gasteiger partial charge is 0.456 e. The van der Waals surface area contributed by atoms with Gasteiger partial charge in [0.1, 0.15) is 22.3 Å². The average molecular weight is 639 g/mol. The number of fused-ring (bicyclic) bond motifs is 9. The van der Waals surface area contributed by atoms with E-state index in [-0.39, 0.29) is 0 Å². The van der Waals surface area contributed by atoms with Crippen molar-refractivity contribution in [2.45, 2.75) is 0 Å². The molecule has 0 saturated heterocycles. The van der Waals surface area contributed by atoms with Crippen LogP contribution in [0.1, 0.15) is 0 Å². The summed E-state index contributed by atoms with van der Waals surface area (Å²) in [5, 5.41) is 9.05. The molecule has 50 heavy (non-hydrogen) atoms. The van der Waals surface area contributed by atoms with Crippen molar-refractivity contribution in [2.75, 3.05) is 0 Å². The molecule has 2 heterocycles. The third kappa shape index (κ3) is 4.65. The zero-order chi connectivity index (χ0) is 33.0. The highest BCUT2D eigenvalue weighted by Gasteiger charge is 2.15. The van der Waals surface area contributed by atoms with Gasteiger partial charge in [-0.05, 0) is 92.0 Å². The minimum absolute atomic E-state index is 0.859. The van der Waals surface area contributed by atoms with E-state index >= 15 is 0 Å². The second kappa shape index (κ2) is 11.5. The first-order valence-electron chi connectivity index (χ1n) is 17.0. The van der Waals surface area contributed by atoms with E-state index < -0.39 is 0 Å². The lowest BCUT2D eigenvalue weighted by Gasteiger charge is -2.10. The molecule has 0 bridgehead atoms. The van der Waals surface area contributed by atoms with Crippen molar-refractivity contribution in [1.29, 1.82) is 0 Å². The Hall–Kier alpha value is -6.64. The lowest BCUT2D eigenvalue weighted by molar-refractivity contribution is 0.667. The molecule has 0 aliphatic heterocycles. The van der Waals surface area contributed by atoms with Gasteiger partial charge in [0, 0.05) is 26.9 Å². The second-order valence-electron chi connectivity index (χ2n) is 12.8. The van der Waals surface area contributed by atoms with Crippen molar-refractivity contribution < 1.29 is 8.83 Å². The molecule has 2 nitrogen and oxygen atoms in total. The van der Waals surface area contributed by atoms with Gasteiger partial charge in [-0.15, -0.1) is 0 Å². The summed E-state index contributed by atoms with van der Waals surface area (Å²) in [6.07, 6.45) is 0. The van der Waals surface area contributed by atoms with E-state index in [2.05, 4.69) is 170 Å². The quantitative estimate of drug-likeness (QED) is 0.192. The first kappa shape index (κ1) is 28.4. The molecule has 0 amide bonds. The fourth-order valence-corrected chi connectivity index (χ4v) is 7.51. The topological polar surface area (TPSA) is 26.3 Å². The summed E-state index contributed by atoms with van der Waals surface area (Å²) >= 11 is 0. The number of hydrogen-bond acceptors (Lipinski definition) is 2. The summed E-state index contributed by atoms with van der Waals surface area (Å²) < 4.78 is 12.8. The summed E-state index contributed by atoms with van der Waals surface area (Å²) in [7, 11) is 0. The van der Waals surface area contributed by atoms with Gasteiger partial charge in [0.15, 0.2) is 0 Å². The minimum atomic E-state index is 0.859. The molecule has 0 spiro atoms. The summed E-state index contributed by atoms with van der Waals surface area (Å²) in [6, 6.07) is 64.6. The lowest BCUT2D eigenvalue weighted by atomic mass is 9.93. The van der Waals surface area contributed by atoms with Crippen LogP contribution in [0.25, 0.3) is 98.8 Å². The van der Waals surface area contributed by atoms with Gasteiger partial charge in [0.2, 0.25) is 0 Å². The molecule has 0 saturated carbocycles. The van der Waals surface area contributed by atoms with Gasteiger partial charge in [0.25, 0.3) is 0 Å². The van der Waals surface area contributed by atoms with Crippen molar-refractivity contribution in [3.8, 4) is 33.4 Å². The molecule has 234 valence electrons. The Bertz CT molecular complexity index is 2980. The molecule has 2 heteroatoms. The monoisotopic (exact) mass is 638 g/mol. The van der Waals surface area contributed by atoms with Crippen LogP contribution >= 0.6 is 0 Å². The van der Waals surface area contributed by atoms with Gasteiger partial charge >= 0.3 is 0 Å². The minimum Gasteiger partial charge on any atom is -0.456 e. The van der Waals surface area contributed by atoms with Crippen molar-refractivity contribution >= 4 is 65.4 Å². The van der Waals surface area contributed by atoms with Crippen LogP contribution in [-0.4, -0.2) is 0 Å². The normalized spacial score (nSPS) is 11.6. The van der Waals surface area contributed by atoms with Gasteiger partial charge in [-0.1, -0.05) is 140 Å². The molecule has 2 aromatic heterocycles. The molecule has 0 atom stereocenters. The Labute approximate surface area is 288 Å². The van der Waals surface area contributed by atoms with Crippen LogP contribution in [0.3, 0.4) is 0 Å². The zero-order valence-electron chi connectivity index (χ0n) is 27.1. The molecule has 10 aromatic rings. The Morgan fingerprint density at radius 1 is 0.260 bits per heavy atom. The lowest BCUT2D eigenvalue weighted by Crippen LogP contribution is -1.84. The van der Waals surface area contributed by atoms with Crippen molar-refractivity contribution in [1.82, 2.24) is 0 Å². The summed E-state index contributed by atoms with van der Waals surface area (Å²) in [5.41, 5.74) is 10.6. The van der Waals surface area contributed by atoms with E-state index in [0.29, 0.717) is 0 Å². The Balaban J connectivity index is 1.13. The third-order valence-corrected chi connectivity index (χ3v) is 9.91. The van der Waals surface area contributed by atoms with Crippen LogP contribution in [-0.2, 0) is 0 Å². The van der Waals surface area contributed by atoms with Crippen molar-refractivity contribution in [3.63, 3.8) is 0 Å². The van der Waals surface area contributed by atoms with Gasteiger partial charge < -0.3 is 8.83 Å². The van der Waals surface area contributed by atoms with E-state index in [1.807, 2.05) is 12.1 Å². The van der Waals surface area contributed by atoms with Crippen LogP contribution in [0, 0.1) is 0 Å². The van der Waals surface area contributed by atoms with E-state index in [9.17, 15) is 0 Å². The molecule has 0 unspecified atom stereocenters. The average Bonchev–Trinajstić information content (AvgIpc) is 3.74. The number of para-hydroxylation sites is 1. The Kier molecular flexibility index (Phi) is 6.53. The van der Waals surface area contributed by atoms with Gasteiger partial charge in [-0.3, -0.25) is 0 Å². The predicted octanol–water partition coefficient (Wildman–Crippen LogP) is 13.9. The second-order valence-corrected chi connectivity index (χ2v) is 12.8. The van der Waals surface area contributed by atoms with Gasteiger partial charge in [-0.25, -0.2) is 0 Å². The van der Waals surface area contributed by atoms with Crippen molar-refractivity contribution in [3.05, 3.63) is 182 Å². The maximum Gasteiger partial charge on any atom is 0.143 e. The van der Waals surface area contributed by atoms with Gasteiger partial charge in [0.05, 0.1) is 0 Å². The van der Waals surface area contributed by atoms with Crippen LogP contribution < -0.4 is 0 Å². The summed E-state index contributed by atoms with van der Waals surface area (Å²) in [6.45, 7) is 0. The van der Waals surface area contributed by atoms with Crippen LogP contribution in [0.5, 0.6) is 0 Å². The maximum atomic E-state index is 6.46. The maximum absolute atomic E-state index is 6.46. The fraction of sp³-hybridized carbons (Fsp3) is 0. The molecule has 8 aromatic carbocycles. The standard InChI is InChI=1S/C48H30O2/c1-2-7-18-37(39-20-9-8-19-38(39)36(17-6-1)31-13-4-3-5-14-31)34-16-12-15-32(27-34)33-24-26-46-43(28-33)44-29-35-23-25-41-40-21-10-11-22-45(40)50-48(41)42(35)30-47(44)49-46/h1-30H. The summed E-state index contributed by atoms with van der Waals surface area (Å²) in [4.78, 5) is 0. The van der Waals surface area contributed by atoms with Gasteiger partial charge in [-0.2, -0.15) is 0 Å². The third-order valence-electron chi connectivity index (χ3n) is 9.91. The molecule has 0 fully saturated rings. The number of rotatable bonds is 3. The highest BCUT2D eigenvalue weighted by Crippen LogP contribution is 2.40. The van der Waals surface area contributed by atoms with Crippen molar-refractivity contribution in [2.24, 2.45) is 0 Å². The molecule has 10 rings (SSSR count). The molecule has 0 aliphatic carbocycles. The number of hydrogen-bond donors (Lipinski definition) is 0. The Morgan fingerprint density at radius 2 is 0.860 bits per heavy atom. The van der Waals surface area contributed by atoms with E-state index in [0.717, 1.165) is 71.3 Å². The van der Waals surface area contributed by atoms with E-state index in [4.69, 9.17) is 8.83 Å². The number of benzene rings is 7. The van der Waals surface area contributed by atoms with Crippen LogP contribution in [0.15, 0.2) is 191 Å². The van der Waals surface area contributed by atoms with E-state index in [1.165, 1.54) is 27.5 Å². The zero-order valence-corrected chi connectivity index (χ0v) is 27.1. The van der Waals surface area contributed by atoms with E-state index in [1.54, 1.807) is 0 Å².